The van der Waals surface area contributed by atoms with E-state index in [-0.39, 0.29) is 39.1 Å². The minimum atomic E-state index is -1.33. The number of ether oxygens (including phenoxy) is 1. The third-order valence-corrected chi connectivity index (χ3v) is 8.78. The highest BCUT2D eigenvalue weighted by Crippen LogP contribution is 2.47. The number of rotatable bonds is 13. The fraction of sp³-hybridized carbons (Fsp3) is 0.128. The van der Waals surface area contributed by atoms with Gasteiger partial charge in [0.25, 0.3) is 0 Å². The molecule has 6 aromatic rings. The summed E-state index contributed by atoms with van der Waals surface area (Å²) in [6, 6.07) is 17.2. The van der Waals surface area contributed by atoms with Crippen LogP contribution in [0, 0.1) is 0 Å². The van der Waals surface area contributed by atoms with Crippen LogP contribution in [0.2, 0.25) is 0 Å². The molecule has 9 nitrogen and oxygen atoms in total. The van der Waals surface area contributed by atoms with E-state index in [2.05, 4.69) is 13.2 Å². The Kier molecular flexibility index (Phi) is 8.28. The number of carboxylic acid groups (broad SMARTS) is 4. The second-order valence-electron chi connectivity index (χ2n) is 11.5. The maximum atomic E-state index is 12.8. The Morgan fingerprint density at radius 3 is 1.50 bits per heavy atom. The van der Waals surface area contributed by atoms with Crippen LogP contribution >= 0.6 is 0 Å². The van der Waals surface area contributed by atoms with Gasteiger partial charge < -0.3 is 25.2 Å². The van der Waals surface area contributed by atoms with Crippen LogP contribution in [0.25, 0.3) is 54.2 Å². The topological polar surface area (TPSA) is 158 Å². The van der Waals surface area contributed by atoms with E-state index in [0.717, 1.165) is 25.7 Å². The Bertz CT molecular complexity index is 2280. The zero-order chi connectivity index (χ0) is 34.3. The minimum absolute atomic E-state index is 0.0157. The van der Waals surface area contributed by atoms with Gasteiger partial charge in [0.1, 0.15) is 5.75 Å². The van der Waals surface area contributed by atoms with Gasteiger partial charge in [-0.15, -0.1) is 13.2 Å². The van der Waals surface area contributed by atoms with Crippen molar-refractivity contribution in [3.8, 4) is 16.9 Å². The standard InChI is InChI=1S/C39H30O9/c1-3-5-7-21(8-6-4-2)48-22-11-9-20(10-12-22)29-19-30(39(46)47)34-28(38(44)45)17-14-24-23-13-16-26(36(40)41)33-27(37(42)43)18-15-25(31(23)33)32(29)35(24)34/h3-4,9-19,21H,1-2,5-8H2,(H,40,41)(H,42,43)(H,44,45)(H,46,47). The molecule has 4 N–H and O–H groups in total. The molecule has 0 aliphatic rings. The molecule has 0 heterocycles. The first kappa shape index (κ1) is 31.7. The predicted molar refractivity (Wildman–Crippen MR) is 184 cm³/mol. The lowest BCUT2D eigenvalue weighted by Gasteiger charge is -2.21. The fourth-order valence-corrected chi connectivity index (χ4v) is 6.70. The first-order valence-electron chi connectivity index (χ1n) is 15.2. The van der Waals surface area contributed by atoms with Crippen LogP contribution < -0.4 is 4.74 Å². The molecule has 48 heavy (non-hydrogen) atoms. The van der Waals surface area contributed by atoms with Gasteiger partial charge in [0.2, 0.25) is 0 Å². The zero-order valence-corrected chi connectivity index (χ0v) is 25.7. The number of hydrogen-bond donors (Lipinski definition) is 4. The van der Waals surface area contributed by atoms with Crippen molar-refractivity contribution in [2.24, 2.45) is 0 Å². The van der Waals surface area contributed by atoms with Crippen molar-refractivity contribution in [3.63, 3.8) is 0 Å². The molecule has 0 spiro atoms. The van der Waals surface area contributed by atoms with Crippen molar-refractivity contribution in [3.05, 3.63) is 114 Å². The van der Waals surface area contributed by atoms with E-state index in [9.17, 15) is 39.6 Å². The highest BCUT2D eigenvalue weighted by atomic mass is 16.5. The van der Waals surface area contributed by atoms with Gasteiger partial charge in [0.15, 0.2) is 0 Å². The molecule has 6 rings (SSSR count). The summed E-state index contributed by atoms with van der Waals surface area (Å²) in [5, 5.41) is 43.3. The van der Waals surface area contributed by atoms with Crippen LogP contribution in [-0.4, -0.2) is 50.4 Å². The number of benzene rings is 6. The maximum Gasteiger partial charge on any atom is 0.336 e. The van der Waals surface area contributed by atoms with Gasteiger partial charge >= 0.3 is 23.9 Å². The van der Waals surface area contributed by atoms with Crippen LogP contribution in [-0.2, 0) is 0 Å². The zero-order valence-electron chi connectivity index (χ0n) is 25.7. The molecule has 0 radical (unpaired) electrons. The second-order valence-corrected chi connectivity index (χ2v) is 11.5. The van der Waals surface area contributed by atoms with Gasteiger partial charge in [-0.1, -0.05) is 42.5 Å². The third kappa shape index (κ3) is 5.25. The fourth-order valence-electron chi connectivity index (χ4n) is 6.70. The summed E-state index contributed by atoms with van der Waals surface area (Å²) in [6.45, 7) is 7.59. The Labute approximate surface area is 273 Å². The molecule has 0 saturated carbocycles. The lowest BCUT2D eigenvalue weighted by molar-refractivity contribution is 0.0681. The first-order chi connectivity index (χ1) is 23.1. The van der Waals surface area contributed by atoms with E-state index in [1.54, 1.807) is 42.5 Å². The van der Waals surface area contributed by atoms with E-state index in [0.29, 0.717) is 49.2 Å². The van der Waals surface area contributed by atoms with Crippen LogP contribution in [0.5, 0.6) is 5.75 Å². The summed E-state index contributed by atoms with van der Waals surface area (Å²) in [6.07, 6.45) is 6.68. The molecular formula is C39H30O9. The summed E-state index contributed by atoms with van der Waals surface area (Å²) >= 11 is 0. The summed E-state index contributed by atoms with van der Waals surface area (Å²) in [5.74, 6) is -4.66. The predicted octanol–water partition coefficient (Wildman–Crippen LogP) is 8.88. The van der Waals surface area contributed by atoms with Gasteiger partial charge in [-0.25, -0.2) is 19.2 Å². The monoisotopic (exact) mass is 642 g/mol. The molecule has 0 saturated heterocycles. The number of allylic oxidation sites excluding steroid dienone is 2. The lowest BCUT2D eigenvalue weighted by Crippen LogP contribution is -2.16. The van der Waals surface area contributed by atoms with E-state index >= 15 is 0 Å². The lowest BCUT2D eigenvalue weighted by atomic mass is 9.81. The van der Waals surface area contributed by atoms with E-state index < -0.39 is 23.9 Å². The van der Waals surface area contributed by atoms with Crippen LogP contribution in [0.3, 0.4) is 0 Å². The van der Waals surface area contributed by atoms with E-state index in [1.807, 2.05) is 12.2 Å². The smallest absolute Gasteiger partial charge is 0.336 e. The van der Waals surface area contributed by atoms with E-state index in [1.165, 1.54) is 24.3 Å². The Balaban J connectivity index is 1.72. The molecule has 0 amide bonds. The van der Waals surface area contributed by atoms with Crippen LogP contribution in [0.15, 0.2) is 92.0 Å². The average molecular weight is 643 g/mol. The Morgan fingerprint density at radius 1 is 0.562 bits per heavy atom. The molecule has 240 valence electrons. The van der Waals surface area contributed by atoms with Gasteiger partial charge in [0, 0.05) is 10.8 Å². The molecule has 0 fully saturated rings. The van der Waals surface area contributed by atoms with E-state index in [4.69, 9.17) is 4.74 Å². The molecule has 9 heteroatoms. The third-order valence-electron chi connectivity index (χ3n) is 8.78. The number of carbonyl (C=O) groups is 4. The van der Waals surface area contributed by atoms with Crippen molar-refractivity contribution in [1.29, 1.82) is 0 Å². The molecule has 0 atom stereocenters. The van der Waals surface area contributed by atoms with Crippen molar-refractivity contribution in [2.45, 2.75) is 31.8 Å². The van der Waals surface area contributed by atoms with Crippen LogP contribution in [0.1, 0.15) is 67.1 Å². The van der Waals surface area contributed by atoms with Crippen LogP contribution in [0.4, 0.5) is 0 Å². The molecule has 0 aromatic heterocycles. The molecule has 0 bridgehead atoms. The van der Waals surface area contributed by atoms with Gasteiger partial charge in [-0.3, -0.25) is 0 Å². The van der Waals surface area contributed by atoms with Gasteiger partial charge in [0.05, 0.1) is 28.4 Å². The Hall–Kier alpha value is -6.22. The molecule has 6 aromatic carbocycles. The van der Waals surface area contributed by atoms with Crippen molar-refractivity contribution in [1.82, 2.24) is 0 Å². The SMILES string of the molecule is C=CCCC(CCC=C)Oc1ccc(-c2cc(C(=O)O)c3c(C(=O)O)ccc4c5ccc(C(=O)O)c6c(C(=O)O)ccc(c2c34)c65)cc1. The molecule has 0 aliphatic carbocycles. The van der Waals surface area contributed by atoms with Crippen molar-refractivity contribution < 1.29 is 44.3 Å². The number of aromatic carboxylic acids is 4. The minimum Gasteiger partial charge on any atom is -0.490 e. The van der Waals surface area contributed by atoms with Gasteiger partial charge in [-0.05, 0) is 106 Å². The summed E-state index contributed by atoms with van der Waals surface area (Å²) in [4.78, 5) is 50.0. The Morgan fingerprint density at radius 2 is 1.02 bits per heavy atom. The number of fused-ring (bicyclic) bond motifs is 2. The van der Waals surface area contributed by atoms with Gasteiger partial charge in [-0.2, -0.15) is 0 Å². The summed E-state index contributed by atoms with van der Waals surface area (Å²) in [5.41, 5.74) is 0.194. The highest BCUT2D eigenvalue weighted by molar-refractivity contribution is 6.40. The number of hydrogen-bond acceptors (Lipinski definition) is 5. The molecule has 0 aliphatic heterocycles. The molecule has 0 unspecified atom stereocenters. The van der Waals surface area contributed by atoms with Crippen molar-refractivity contribution in [2.75, 3.05) is 0 Å². The first-order valence-corrected chi connectivity index (χ1v) is 15.2. The summed E-state index contributed by atoms with van der Waals surface area (Å²) < 4.78 is 6.27. The maximum absolute atomic E-state index is 12.8. The largest absolute Gasteiger partial charge is 0.490 e. The normalized spacial score (nSPS) is 11.4. The quantitative estimate of drug-likeness (QED) is 0.0548. The summed E-state index contributed by atoms with van der Waals surface area (Å²) in [7, 11) is 0. The van der Waals surface area contributed by atoms with Crippen molar-refractivity contribution >= 4 is 67.0 Å². The average Bonchev–Trinajstić information content (AvgIpc) is 3.07. The number of carboxylic acids is 4. The second kappa shape index (κ2) is 12.5. The highest BCUT2D eigenvalue weighted by Gasteiger charge is 2.27. The molecular weight excluding hydrogens is 612 g/mol.